The number of hydrogen-bond donors (Lipinski definition) is 0. The van der Waals surface area contributed by atoms with Crippen molar-refractivity contribution < 1.29 is 19.0 Å². The molecule has 1 saturated heterocycles. The van der Waals surface area contributed by atoms with E-state index in [4.69, 9.17) is 19.7 Å². The van der Waals surface area contributed by atoms with Gasteiger partial charge in [0, 0.05) is 18.4 Å². The minimum absolute atomic E-state index is 0.100. The number of esters is 1. The fraction of sp³-hybridized carbons (Fsp3) is 0.500. The lowest BCUT2D eigenvalue weighted by atomic mass is 10.0. The van der Waals surface area contributed by atoms with Crippen LogP contribution in [0.5, 0.6) is 0 Å². The summed E-state index contributed by atoms with van der Waals surface area (Å²) in [7, 11) is 1.55. The molecule has 0 aliphatic carbocycles. The van der Waals surface area contributed by atoms with Gasteiger partial charge in [0.2, 0.25) is 0 Å². The highest BCUT2D eigenvalue weighted by Crippen LogP contribution is 2.24. The number of azide groups is 1. The quantitative estimate of drug-likeness (QED) is 0.361. The first-order chi connectivity index (χ1) is 10.2. The van der Waals surface area contributed by atoms with Gasteiger partial charge in [-0.3, -0.25) is 0 Å². The molecule has 0 amide bonds. The van der Waals surface area contributed by atoms with Crippen LogP contribution in [0.1, 0.15) is 23.2 Å². The average molecular weight is 291 g/mol. The Morgan fingerprint density at radius 3 is 2.86 bits per heavy atom. The lowest BCUT2D eigenvalue weighted by Crippen LogP contribution is -2.43. The van der Waals surface area contributed by atoms with Crippen LogP contribution in [0.25, 0.3) is 10.4 Å². The zero-order chi connectivity index (χ0) is 15.1. The summed E-state index contributed by atoms with van der Waals surface area (Å²) >= 11 is 0. The zero-order valence-corrected chi connectivity index (χ0v) is 11.7. The van der Waals surface area contributed by atoms with Gasteiger partial charge in [-0.05, 0) is 24.1 Å². The monoisotopic (exact) mass is 291 g/mol. The smallest absolute Gasteiger partial charge is 0.338 e. The van der Waals surface area contributed by atoms with Gasteiger partial charge in [0.05, 0.1) is 12.1 Å². The van der Waals surface area contributed by atoms with Crippen LogP contribution >= 0.6 is 0 Å². The van der Waals surface area contributed by atoms with Crippen LogP contribution < -0.4 is 0 Å². The van der Waals surface area contributed by atoms with Crippen molar-refractivity contribution >= 4 is 5.97 Å². The van der Waals surface area contributed by atoms with E-state index < -0.39 is 18.2 Å². The van der Waals surface area contributed by atoms with Gasteiger partial charge in [-0.1, -0.05) is 23.3 Å². The number of benzene rings is 1. The third kappa shape index (κ3) is 4.19. The average Bonchev–Trinajstić information content (AvgIpc) is 2.54. The van der Waals surface area contributed by atoms with Crippen LogP contribution in [0.15, 0.2) is 35.4 Å². The van der Waals surface area contributed by atoms with E-state index in [1.807, 2.05) is 6.07 Å². The second kappa shape index (κ2) is 7.64. The molecule has 0 radical (unpaired) electrons. The van der Waals surface area contributed by atoms with Gasteiger partial charge in [0.15, 0.2) is 6.29 Å². The fourth-order valence-corrected chi connectivity index (χ4v) is 2.20. The molecule has 1 aromatic rings. The van der Waals surface area contributed by atoms with Crippen LogP contribution in [0.2, 0.25) is 0 Å². The molecule has 2 rings (SSSR count). The largest absolute Gasteiger partial charge is 0.456 e. The third-order valence-corrected chi connectivity index (χ3v) is 3.28. The van der Waals surface area contributed by atoms with Crippen LogP contribution in [-0.4, -0.2) is 38.1 Å². The molecule has 1 aliphatic rings. The zero-order valence-electron chi connectivity index (χ0n) is 11.7. The molecule has 0 N–H and O–H groups in total. The van der Waals surface area contributed by atoms with Crippen LogP contribution in [0, 0.1) is 0 Å². The van der Waals surface area contributed by atoms with Crippen LogP contribution in [0.4, 0.5) is 0 Å². The summed E-state index contributed by atoms with van der Waals surface area (Å²) in [6.07, 6.45) is -0.0870. The third-order valence-electron chi connectivity index (χ3n) is 3.28. The predicted molar refractivity (Wildman–Crippen MR) is 74.6 cm³/mol. The first-order valence-electron chi connectivity index (χ1n) is 6.69. The van der Waals surface area contributed by atoms with Gasteiger partial charge in [-0.25, -0.2) is 4.79 Å². The topological polar surface area (TPSA) is 93.5 Å². The van der Waals surface area contributed by atoms with Crippen molar-refractivity contribution in [3.63, 3.8) is 0 Å². The van der Waals surface area contributed by atoms with Gasteiger partial charge in [-0.15, -0.1) is 0 Å². The van der Waals surface area contributed by atoms with Crippen molar-refractivity contribution in [2.45, 2.75) is 31.3 Å². The van der Waals surface area contributed by atoms with Crippen molar-refractivity contribution in [1.29, 1.82) is 0 Å². The van der Waals surface area contributed by atoms with E-state index in [0.29, 0.717) is 18.4 Å². The van der Waals surface area contributed by atoms with E-state index in [2.05, 4.69) is 10.0 Å². The number of carbonyl (C=O) groups is 1. The Kier molecular flexibility index (Phi) is 5.57. The Bertz CT molecular complexity index is 516. The molecule has 0 spiro atoms. The molecule has 0 bridgehead atoms. The summed E-state index contributed by atoms with van der Waals surface area (Å²) in [6, 6.07) is 8.74. The van der Waals surface area contributed by atoms with Crippen LogP contribution in [-0.2, 0) is 14.2 Å². The summed E-state index contributed by atoms with van der Waals surface area (Å²) in [5, 5.41) is 3.50. The van der Waals surface area contributed by atoms with E-state index in [0.717, 1.165) is 0 Å². The lowest BCUT2D eigenvalue weighted by molar-refractivity contribution is -0.208. The second-order valence-electron chi connectivity index (χ2n) is 4.64. The molecule has 0 saturated carbocycles. The number of rotatable bonds is 5. The second-order valence-corrected chi connectivity index (χ2v) is 4.64. The predicted octanol–water partition coefficient (Wildman–Crippen LogP) is 2.67. The Morgan fingerprint density at radius 2 is 2.19 bits per heavy atom. The number of ether oxygens (including phenoxy) is 3. The fourth-order valence-electron chi connectivity index (χ4n) is 2.20. The minimum Gasteiger partial charge on any atom is -0.456 e. The molecule has 112 valence electrons. The molecule has 0 aromatic heterocycles. The van der Waals surface area contributed by atoms with Gasteiger partial charge >= 0.3 is 5.97 Å². The summed E-state index contributed by atoms with van der Waals surface area (Å²) in [5.41, 5.74) is 8.91. The molecule has 7 heteroatoms. The van der Waals surface area contributed by atoms with Gasteiger partial charge < -0.3 is 14.2 Å². The number of nitrogens with zero attached hydrogens (tertiary/aromatic N) is 3. The molecule has 1 aliphatic heterocycles. The summed E-state index contributed by atoms with van der Waals surface area (Å²) in [6.45, 7) is 0.100. The maximum absolute atomic E-state index is 12.1. The summed E-state index contributed by atoms with van der Waals surface area (Å²) in [5.74, 6) is -0.411. The first kappa shape index (κ1) is 15.3. The minimum atomic E-state index is -0.493. The number of methoxy groups -OCH3 is 1. The molecule has 0 unspecified atom stereocenters. The van der Waals surface area contributed by atoms with Crippen molar-refractivity contribution in [2.75, 3.05) is 13.7 Å². The molecule has 3 atom stereocenters. The number of hydrogen-bond acceptors (Lipinski definition) is 5. The molecular weight excluding hydrogens is 274 g/mol. The highest BCUT2D eigenvalue weighted by molar-refractivity contribution is 5.89. The van der Waals surface area contributed by atoms with Gasteiger partial charge in [0.1, 0.15) is 12.2 Å². The molecule has 1 heterocycles. The van der Waals surface area contributed by atoms with E-state index >= 15 is 0 Å². The molecule has 1 fully saturated rings. The Balaban J connectivity index is 2.02. The van der Waals surface area contributed by atoms with Crippen molar-refractivity contribution in [3.05, 3.63) is 46.3 Å². The number of carbonyl (C=O) groups excluding carboxylic acids is 1. The molecule has 7 nitrogen and oxygen atoms in total. The maximum Gasteiger partial charge on any atom is 0.338 e. The highest BCUT2D eigenvalue weighted by atomic mass is 16.7. The van der Waals surface area contributed by atoms with Crippen molar-refractivity contribution in [3.8, 4) is 0 Å². The van der Waals surface area contributed by atoms with Crippen LogP contribution in [0.3, 0.4) is 0 Å². The van der Waals surface area contributed by atoms with E-state index in [9.17, 15) is 4.79 Å². The van der Waals surface area contributed by atoms with Crippen molar-refractivity contribution in [2.24, 2.45) is 5.11 Å². The first-order valence-corrected chi connectivity index (χ1v) is 6.69. The van der Waals surface area contributed by atoms with E-state index in [1.54, 1.807) is 31.4 Å². The normalized spacial score (nSPS) is 24.9. The van der Waals surface area contributed by atoms with Crippen molar-refractivity contribution in [1.82, 2.24) is 0 Å². The lowest BCUT2D eigenvalue weighted by Gasteiger charge is -2.34. The van der Waals surface area contributed by atoms with Gasteiger partial charge in [0.25, 0.3) is 0 Å². The Labute approximate surface area is 122 Å². The highest BCUT2D eigenvalue weighted by Gasteiger charge is 2.33. The Morgan fingerprint density at radius 1 is 1.43 bits per heavy atom. The summed E-state index contributed by atoms with van der Waals surface area (Å²) < 4.78 is 16.2. The van der Waals surface area contributed by atoms with E-state index in [1.165, 1.54) is 0 Å². The maximum atomic E-state index is 12.1. The molecule has 21 heavy (non-hydrogen) atoms. The Hall–Kier alpha value is -2.08. The summed E-state index contributed by atoms with van der Waals surface area (Å²) in [4.78, 5) is 14.8. The van der Waals surface area contributed by atoms with Gasteiger partial charge in [-0.2, -0.15) is 0 Å². The molecular formula is C14H17N3O4. The standard InChI is InChI=1S/C14H17N3O4/c1-19-13-8-7-11(12(20-13)9-16-17-15)21-14(18)10-5-3-2-4-6-10/h2-6,11-13H,7-9H2,1H3/t11-,12-,13-/m1/s1. The molecule has 1 aromatic carbocycles. The van der Waals surface area contributed by atoms with E-state index in [-0.39, 0.29) is 12.8 Å². The SMILES string of the molecule is CO[C@H]1CC[C@@H](OC(=O)c2ccccc2)[C@@H](CN=[N+]=[N-])O1.